The van der Waals surface area contributed by atoms with E-state index < -0.39 is 0 Å². The van der Waals surface area contributed by atoms with Crippen LogP contribution in [0.25, 0.3) is 10.9 Å². The summed E-state index contributed by atoms with van der Waals surface area (Å²) in [5.41, 5.74) is 3.08. The fourth-order valence-electron chi connectivity index (χ4n) is 4.03. The number of hydrogen-bond donors (Lipinski definition) is 0. The molecule has 0 unspecified atom stereocenters. The summed E-state index contributed by atoms with van der Waals surface area (Å²) in [6, 6.07) is 6.16. The molecule has 26 heavy (non-hydrogen) atoms. The summed E-state index contributed by atoms with van der Waals surface area (Å²) >= 11 is 0. The van der Waals surface area contributed by atoms with E-state index in [-0.39, 0.29) is 17.3 Å². The third-order valence-corrected chi connectivity index (χ3v) is 5.42. The maximum atomic E-state index is 13.7. The number of piperidine rings is 1. The number of pyridine rings is 1. The van der Waals surface area contributed by atoms with E-state index in [4.69, 9.17) is 4.74 Å². The van der Waals surface area contributed by atoms with Gasteiger partial charge in [-0.2, -0.15) is 0 Å². The van der Waals surface area contributed by atoms with Gasteiger partial charge in [-0.15, -0.1) is 0 Å². The van der Waals surface area contributed by atoms with Gasteiger partial charge in [-0.25, -0.2) is 4.39 Å². The summed E-state index contributed by atoms with van der Waals surface area (Å²) in [7, 11) is 0. The number of hydrogen-bond acceptors (Lipinski definition) is 3. The van der Waals surface area contributed by atoms with E-state index in [1.807, 2.05) is 11.8 Å². The molecule has 4 rings (SSSR count). The second kappa shape index (κ2) is 6.47. The van der Waals surface area contributed by atoms with E-state index in [9.17, 15) is 9.18 Å². The van der Waals surface area contributed by atoms with Crippen LogP contribution in [0.15, 0.2) is 35.9 Å². The van der Waals surface area contributed by atoms with Crippen LogP contribution >= 0.6 is 0 Å². The molecule has 4 nitrogen and oxygen atoms in total. The van der Waals surface area contributed by atoms with Crippen LogP contribution in [-0.4, -0.2) is 41.1 Å². The Morgan fingerprint density at radius 2 is 2.00 bits per heavy atom. The van der Waals surface area contributed by atoms with E-state index in [0.717, 1.165) is 31.6 Å². The predicted octanol–water partition coefficient (Wildman–Crippen LogP) is 4.02. The summed E-state index contributed by atoms with van der Waals surface area (Å²) < 4.78 is 19.8. The zero-order valence-corrected chi connectivity index (χ0v) is 15.2. The van der Waals surface area contributed by atoms with Crippen LogP contribution in [0.2, 0.25) is 0 Å². The van der Waals surface area contributed by atoms with Gasteiger partial charge in [-0.3, -0.25) is 9.78 Å². The SMILES string of the molecule is CC1=CC2(CCN(C(=O)c3cc(C)nc4ccc(F)cc34)CC2)OCC1. The van der Waals surface area contributed by atoms with Gasteiger partial charge in [0.15, 0.2) is 0 Å². The summed E-state index contributed by atoms with van der Waals surface area (Å²) in [6.07, 6.45) is 4.82. The first-order valence-electron chi connectivity index (χ1n) is 9.14. The van der Waals surface area contributed by atoms with E-state index >= 15 is 0 Å². The Hall–Kier alpha value is -2.27. The number of halogens is 1. The highest BCUT2D eigenvalue weighted by molar-refractivity contribution is 6.06. The molecule has 2 aliphatic rings. The van der Waals surface area contributed by atoms with Crippen molar-refractivity contribution in [2.24, 2.45) is 0 Å². The van der Waals surface area contributed by atoms with E-state index in [0.29, 0.717) is 29.6 Å². The Kier molecular flexibility index (Phi) is 4.27. The number of aromatic nitrogens is 1. The molecule has 136 valence electrons. The molecule has 0 N–H and O–H groups in total. The molecule has 0 aliphatic carbocycles. The number of nitrogens with zero attached hydrogens (tertiary/aromatic N) is 2. The van der Waals surface area contributed by atoms with Crippen molar-refractivity contribution in [2.45, 2.75) is 38.7 Å². The van der Waals surface area contributed by atoms with Crippen molar-refractivity contribution >= 4 is 16.8 Å². The first kappa shape index (κ1) is 17.2. The molecule has 5 heteroatoms. The minimum atomic E-state index is -0.356. The number of likely N-dealkylation sites (tertiary alicyclic amines) is 1. The van der Waals surface area contributed by atoms with Crippen molar-refractivity contribution < 1.29 is 13.9 Å². The molecular formula is C21H23FN2O2. The third-order valence-electron chi connectivity index (χ3n) is 5.42. The maximum Gasteiger partial charge on any atom is 0.254 e. The van der Waals surface area contributed by atoms with E-state index in [1.165, 1.54) is 17.7 Å². The number of carbonyl (C=O) groups excluding carboxylic acids is 1. The van der Waals surface area contributed by atoms with Gasteiger partial charge < -0.3 is 9.64 Å². The third kappa shape index (κ3) is 3.12. The fraction of sp³-hybridized carbons (Fsp3) is 0.429. The molecule has 0 bridgehead atoms. The highest BCUT2D eigenvalue weighted by atomic mass is 19.1. The van der Waals surface area contributed by atoms with Gasteiger partial charge in [0.25, 0.3) is 5.91 Å². The van der Waals surface area contributed by atoms with Gasteiger partial charge in [0.2, 0.25) is 0 Å². The van der Waals surface area contributed by atoms with Crippen LogP contribution in [0.4, 0.5) is 4.39 Å². The van der Waals surface area contributed by atoms with Gasteiger partial charge >= 0.3 is 0 Å². The van der Waals surface area contributed by atoms with Gasteiger partial charge in [0, 0.05) is 24.2 Å². The highest BCUT2D eigenvalue weighted by Gasteiger charge is 2.37. The zero-order valence-electron chi connectivity index (χ0n) is 15.2. The average molecular weight is 354 g/mol. The molecule has 1 aromatic carbocycles. The fourth-order valence-corrected chi connectivity index (χ4v) is 4.03. The lowest BCUT2D eigenvalue weighted by molar-refractivity contribution is -0.0522. The molecule has 2 aliphatic heterocycles. The largest absolute Gasteiger partial charge is 0.370 e. The monoisotopic (exact) mass is 354 g/mol. The van der Waals surface area contributed by atoms with Crippen molar-refractivity contribution in [1.82, 2.24) is 9.88 Å². The number of fused-ring (bicyclic) bond motifs is 1. The molecular weight excluding hydrogens is 331 g/mol. The van der Waals surface area contributed by atoms with Gasteiger partial charge in [-0.05, 0) is 57.4 Å². The Bertz CT molecular complexity index is 898. The van der Waals surface area contributed by atoms with Crippen LogP contribution in [0.1, 0.15) is 42.2 Å². The number of aryl methyl sites for hydroxylation is 1. The number of carbonyl (C=O) groups is 1. The Labute approximate surface area is 152 Å². The first-order chi connectivity index (χ1) is 12.5. The lowest BCUT2D eigenvalue weighted by Crippen LogP contribution is -2.48. The second-order valence-corrected chi connectivity index (χ2v) is 7.42. The van der Waals surface area contributed by atoms with Crippen molar-refractivity contribution in [3.05, 3.63) is 53.0 Å². The van der Waals surface area contributed by atoms with Crippen LogP contribution in [0.5, 0.6) is 0 Å². The minimum Gasteiger partial charge on any atom is -0.370 e. The number of rotatable bonds is 1. The lowest BCUT2D eigenvalue weighted by atomic mass is 9.86. The standard InChI is InChI=1S/C21H23FN2O2/c1-14-5-10-26-21(13-14)6-8-24(9-7-21)20(25)18-11-15(2)23-19-4-3-16(22)12-17(18)19/h3-4,11-13H,5-10H2,1-2H3. The predicted molar refractivity (Wildman–Crippen MR) is 98.6 cm³/mol. The van der Waals surface area contributed by atoms with Crippen molar-refractivity contribution in [3.8, 4) is 0 Å². The number of ether oxygens (including phenoxy) is 1. The molecule has 1 amide bonds. The van der Waals surface area contributed by atoms with E-state index in [2.05, 4.69) is 18.0 Å². The minimum absolute atomic E-state index is 0.0579. The molecule has 0 atom stereocenters. The maximum absolute atomic E-state index is 13.7. The van der Waals surface area contributed by atoms with Gasteiger partial charge in [0.05, 0.1) is 23.3 Å². The van der Waals surface area contributed by atoms with Crippen LogP contribution < -0.4 is 0 Å². The molecule has 2 aromatic rings. The van der Waals surface area contributed by atoms with Crippen LogP contribution in [-0.2, 0) is 4.74 Å². The lowest BCUT2D eigenvalue weighted by Gasteiger charge is -2.42. The summed E-state index contributed by atoms with van der Waals surface area (Å²) in [5.74, 6) is -0.413. The van der Waals surface area contributed by atoms with Crippen molar-refractivity contribution in [3.63, 3.8) is 0 Å². The molecule has 1 spiro atoms. The Morgan fingerprint density at radius 3 is 2.73 bits per heavy atom. The number of benzene rings is 1. The molecule has 0 radical (unpaired) electrons. The van der Waals surface area contributed by atoms with Crippen LogP contribution in [0, 0.1) is 12.7 Å². The highest BCUT2D eigenvalue weighted by Crippen LogP contribution is 2.34. The molecule has 3 heterocycles. The average Bonchev–Trinajstić information content (AvgIpc) is 2.61. The van der Waals surface area contributed by atoms with Gasteiger partial charge in [-0.1, -0.05) is 11.6 Å². The Morgan fingerprint density at radius 1 is 1.23 bits per heavy atom. The smallest absolute Gasteiger partial charge is 0.254 e. The Balaban J connectivity index is 1.60. The molecule has 0 saturated carbocycles. The molecule has 1 fully saturated rings. The number of amides is 1. The first-order valence-corrected chi connectivity index (χ1v) is 9.14. The quantitative estimate of drug-likeness (QED) is 0.727. The summed E-state index contributed by atoms with van der Waals surface area (Å²) in [4.78, 5) is 19.4. The normalized spacial score (nSPS) is 19.7. The molecule has 1 saturated heterocycles. The van der Waals surface area contributed by atoms with Crippen LogP contribution in [0.3, 0.4) is 0 Å². The summed E-state index contributed by atoms with van der Waals surface area (Å²) in [5, 5.41) is 0.575. The topological polar surface area (TPSA) is 42.4 Å². The molecule has 1 aromatic heterocycles. The zero-order chi connectivity index (χ0) is 18.3. The van der Waals surface area contributed by atoms with Gasteiger partial charge in [0.1, 0.15) is 5.82 Å². The van der Waals surface area contributed by atoms with E-state index in [1.54, 1.807) is 12.1 Å². The second-order valence-electron chi connectivity index (χ2n) is 7.42. The van der Waals surface area contributed by atoms with Crippen molar-refractivity contribution in [2.75, 3.05) is 19.7 Å². The van der Waals surface area contributed by atoms with Crippen molar-refractivity contribution in [1.29, 1.82) is 0 Å². The summed E-state index contributed by atoms with van der Waals surface area (Å²) in [6.45, 7) is 6.03.